The second kappa shape index (κ2) is 7.30. The molecule has 2 heterocycles. The van der Waals surface area contributed by atoms with E-state index in [0.29, 0.717) is 12.2 Å². The first-order chi connectivity index (χ1) is 12.1. The van der Waals surface area contributed by atoms with E-state index in [1.807, 2.05) is 42.8 Å². The number of aromatic nitrogens is 2. The third-order valence-electron chi connectivity index (χ3n) is 4.18. The van der Waals surface area contributed by atoms with E-state index in [1.165, 1.54) is 12.1 Å². The van der Waals surface area contributed by atoms with Crippen LogP contribution in [0.4, 0.5) is 4.39 Å². The summed E-state index contributed by atoms with van der Waals surface area (Å²) >= 11 is 0. The number of nitrogens with zero attached hydrogens (tertiary/aromatic N) is 2. The Labute approximate surface area is 146 Å². The van der Waals surface area contributed by atoms with Crippen molar-refractivity contribution in [3.63, 3.8) is 0 Å². The zero-order chi connectivity index (χ0) is 17.8. The van der Waals surface area contributed by atoms with Gasteiger partial charge in [-0.05, 0) is 49.2 Å². The zero-order valence-electron chi connectivity index (χ0n) is 14.2. The second-order valence-corrected chi connectivity index (χ2v) is 5.89. The number of hydrogen-bond donors (Lipinski definition) is 1. The lowest BCUT2D eigenvalue weighted by atomic mass is 10.1. The number of rotatable bonds is 5. The quantitative estimate of drug-likeness (QED) is 0.758. The number of amides is 1. The standard InChI is InChI=1S/C20H20FN3O/c1-3-24-13-17(15-6-8-18(21)9-7-15)11-19(24)20(25)23-14(2)16-5-4-10-22-12-16/h4-14H,3H2,1-2H3,(H,23,25)/t14-/m0/s1. The first-order valence-electron chi connectivity index (χ1n) is 8.25. The maximum absolute atomic E-state index is 13.1. The van der Waals surface area contributed by atoms with Gasteiger partial charge in [0.05, 0.1) is 6.04 Å². The van der Waals surface area contributed by atoms with Gasteiger partial charge in [0.1, 0.15) is 11.5 Å². The van der Waals surface area contributed by atoms with Gasteiger partial charge in [-0.2, -0.15) is 0 Å². The fourth-order valence-corrected chi connectivity index (χ4v) is 2.75. The molecule has 5 heteroatoms. The van der Waals surface area contributed by atoms with Gasteiger partial charge in [-0.1, -0.05) is 18.2 Å². The summed E-state index contributed by atoms with van der Waals surface area (Å²) in [6.45, 7) is 4.58. The van der Waals surface area contributed by atoms with Gasteiger partial charge in [0, 0.05) is 30.7 Å². The molecule has 1 N–H and O–H groups in total. The molecule has 128 valence electrons. The van der Waals surface area contributed by atoms with Crippen molar-refractivity contribution in [1.82, 2.24) is 14.9 Å². The van der Waals surface area contributed by atoms with Gasteiger partial charge in [-0.25, -0.2) is 4.39 Å². The maximum atomic E-state index is 13.1. The SMILES string of the molecule is CCn1cc(-c2ccc(F)cc2)cc1C(=O)N[C@@H](C)c1cccnc1. The van der Waals surface area contributed by atoms with E-state index in [9.17, 15) is 9.18 Å². The highest BCUT2D eigenvalue weighted by molar-refractivity contribution is 5.94. The Morgan fingerprint density at radius 2 is 2.00 bits per heavy atom. The molecule has 0 aliphatic rings. The van der Waals surface area contributed by atoms with Crippen LogP contribution in [0.1, 0.15) is 35.9 Å². The largest absolute Gasteiger partial charge is 0.344 e. The van der Waals surface area contributed by atoms with Crippen LogP contribution in [0.15, 0.2) is 61.1 Å². The van der Waals surface area contributed by atoms with E-state index in [0.717, 1.165) is 16.7 Å². The van der Waals surface area contributed by atoms with Crippen molar-refractivity contribution in [3.8, 4) is 11.1 Å². The van der Waals surface area contributed by atoms with Crippen LogP contribution in [0.5, 0.6) is 0 Å². The average Bonchev–Trinajstić information content (AvgIpc) is 3.07. The third kappa shape index (κ3) is 3.76. The molecule has 0 aliphatic carbocycles. The second-order valence-electron chi connectivity index (χ2n) is 5.89. The summed E-state index contributed by atoms with van der Waals surface area (Å²) in [5.41, 5.74) is 3.30. The number of nitrogens with one attached hydrogen (secondary N) is 1. The first kappa shape index (κ1) is 16.9. The monoisotopic (exact) mass is 337 g/mol. The molecule has 0 saturated heterocycles. The highest BCUT2D eigenvalue weighted by Gasteiger charge is 2.17. The highest BCUT2D eigenvalue weighted by atomic mass is 19.1. The number of carbonyl (C=O) groups excluding carboxylic acids is 1. The van der Waals surface area contributed by atoms with Crippen LogP contribution in [-0.4, -0.2) is 15.5 Å². The molecule has 2 aromatic heterocycles. The highest BCUT2D eigenvalue weighted by Crippen LogP contribution is 2.23. The van der Waals surface area contributed by atoms with E-state index in [-0.39, 0.29) is 17.8 Å². The van der Waals surface area contributed by atoms with E-state index in [4.69, 9.17) is 0 Å². The van der Waals surface area contributed by atoms with Crippen LogP contribution in [-0.2, 0) is 6.54 Å². The van der Waals surface area contributed by atoms with Crippen molar-refractivity contribution in [2.75, 3.05) is 0 Å². The summed E-state index contributed by atoms with van der Waals surface area (Å²) < 4.78 is 15.0. The molecule has 0 saturated carbocycles. The lowest BCUT2D eigenvalue weighted by Gasteiger charge is -2.14. The number of pyridine rings is 1. The van der Waals surface area contributed by atoms with Crippen molar-refractivity contribution in [2.24, 2.45) is 0 Å². The minimum Gasteiger partial charge on any atom is -0.344 e. The van der Waals surface area contributed by atoms with Gasteiger partial charge >= 0.3 is 0 Å². The average molecular weight is 337 g/mol. The summed E-state index contributed by atoms with van der Waals surface area (Å²) in [7, 11) is 0. The Balaban J connectivity index is 1.83. The van der Waals surface area contributed by atoms with E-state index < -0.39 is 0 Å². The first-order valence-corrected chi connectivity index (χ1v) is 8.25. The summed E-state index contributed by atoms with van der Waals surface area (Å²) in [5, 5.41) is 3.00. The van der Waals surface area contributed by atoms with Crippen LogP contribution in [0.2, 0.25) is 0 Å². The Hall–Kier alpha value is -2.95. The molecule has 0 unspecified atom stereocenters. The Morgan fingerprint density at radius 3 is 2.64 bits per heavy atom. The third-order valence-corrected chi connectivity index (χ3v) is 4.18. The molecule has 0 fully saturated rings. The van der Waals surface area contributed by atoms with Crippen LogP contribution >= 0.6 is 0 Å². The molecule has 0 bridgehead atoms. The molecule has 3 aromatic rings. The summed E-state index contributed by atoms with van der Waals surface area (Å²) in [4.78, 5) is 16.8. The van der Waals surface area contributed by atoms with Crippen molar-refractivity contribution >= 4 is 5.91 Å². The van der Waals surface area contributed by atoms with Gasteiger partial charge < -0.3 is 9.88 Å². The lowest BCUT2D eigenvalue weighted by Crippen LogP contribution is -2.28. The van der Waals surface area contributed by atoms with Crippen molar-refractivity contribution in [2.45, 2.75) is 26.4 Å². The van der Waals surface area contributed by atoms with Crippen LogP contribution in [0, 0.1) is 5.82 Å². The van der Waals surface area contributed by atoms with Crippen LogP contribution < -0.4 is 5.32 Å². The van der Waals surface area contributed by atoms with E-state index >= 15 is 0 Å². The topological polar surface area (TPSA) is 46.9 Å². The summed E-state index contributed by atoms with van der Waals surface area (Å²) in [6.07, 6.45) is 5.36. The van der Waals surface area contributed by atoms with Gasteiger partial charge in [-0.15, -0.1) is 0 Å². The predicted octanol–water partition coefficient (Wildman–Crippen LogP) is 4.20. The molecule has 0 spiro atoms. The number of benzene rings is 1. The molecule has 0 radical (unpaired) electrons. The number of carbonyl (C=O) groups is 1. The van der Waals surface area contributed by atoms with E-state index in [2.05, 4.69) is 10.3 Å². The minimum absolute atomic E-state index is 0.143. The number of aryl methyl sites for hydroxylation is 1. The van der Waals surface area contributed by atoms with Gasteiger partial charge in [-0.3, -0.25) is 9.78 Å². The Morgan fingerprint density at radius 1 is 1.24 bits per heavy atom. The molecular weight excluding hydrogens is 317 g/mol. The molecule has 1 atom stereocenters. The predicted molar refractivity (Wildman–Crippen MR) is 95.6 cm³/mol. The van der Waals surface area contributed by atoms with Gasteiger partial charge in [0.25, 0.3) is 5.91 Å². The number of halogens is 1. The maximum Gasteiger partial charge on any atom is 0.268 e. The van der Waals surface area contributed by atoms with Crippen molar-refractivity contribution in [3.05, 3.63) is 78.1 Å². The smallest absolute Gasteiger partial charge is 0.268 e. The van der Waals surface area contributed by atoms with Crippen molar-refractivity contribution in [1.29, 1.82) is 0 Å². The zero-order valence-corrected chi connectivity index (χ0v) is 14.2. The fourth-order valence-electron chi connectivity index (χ4n) is 2.75. The molecule has 1 amide bonds. The normalized spacial score (nSPS) is 12.0. The summed E-state index contributed by atoms with van der Waals surface area (Å²) in [6, 6.07) is 11.7. The Bertz CT molecular complexity index is 856. The van der Waals surface area contributed by atoms with Crippen LogP contribution in [0.25, 0.3) is 11.1 Å². The molecule has 4 nitrogen and oxygen atoms in total. The van der Waals surface area contributed by atoms with Crippen LogP contribution in [0.3, 0.4) is 0 Å². The summed E-state index contributed by atoms with van der Waals surface area (Å²) in [5.74, 6) is -0.423. The van der Waals surface area contributed by atoms with E-state index in [1.54, 1.807) is 24.5 Å². The number of hydrogen-bond acceptors (Lipinski definition) is 2. The Kier molecular flexibility index (Phi) is 4.93. The molecule has 1 aromatic carbocycles. The molecular formula is C20H20FN3O. The minimum atomic E-state index is -0.276. The van der Waals surface area contributed by atoms with Crippen molar-refractivity contribution < 1.29 is 9.18 Å². The lowest BCUT2D eigenvalue weighted by molar-refractivity contribution is 0.0930. The molecule has 0 aliphatic heterocycles. The molecule has 25 heavy (non-hydrogen) atoms. The van der Waals surface area contributed by atoms with Gasteiger partial charge in [0.15, 0.2) is 0 Å². The fraction of sp³-hybridized carbons (Fsp3) is 0.200. The van der Waals surface area contributed by atoms with Gasteiger partial charge in [0.2, 0.25) is 0 Å². The molecule has 3 rings (SSSR count).